The molecule has 2 N–H and O–H groups in total. The number of aromatic nitrogens is 1. The summed E-state index contributed by atoms with van der Waals surface area (Å²) in [6.07, 6.45) is 2.22. The second kappa shape index (κ2) is 6.29. The Balaban J connectivity index is 2.12. The van der Waals surface area contributed by atoms with Crippen LogP contribution in [-0.2, 0) is 6.42 Å². The van der Waals surface area contributed by atoms with Crippen LogP contribution in [0.4, 0.5) is 0 Å². The fourth-order valence-electron chi connectivity index (χ4n) is 1.74. The van der Waals surface area contributed by atoms with E-state index in [-0.39, 0.29) is 4.99 Å². The van der Waals surface area contributed by atoms with Gasteiger partial charge in [-0.3, -0.25) is 0 Å². The van der Waals surface area contributed by atoms with Crippen molar-refractivity contribution in [1.82, 2.24) is 4.98 Å². The number of rotatable bonds is 5. The van der Waals surface area contributed by atoms with E-state index in [1.54, 1.807) is 12.1 Å². The van der Waals surface area contributed by atoms with E-state index in [2.05, 4.69) is 24.0 Å². The van der Waals surface area contributed by atoms with Crippen LogP contribution in [0.3, 0.4) is 0 Å². The molecule has 4 heteroatoms. The molecule has 0 aliphatic carbocycles. The normalized spacial score (nSPS) is 10.2. The van der Waals surface area contributed by atoms with Crippen LogP contribution in [0.5, 0.6) is 11.6 Å². The highest BCUT2D eigenvalue weighted by molar-refractivity contribution is 7.80. The minimum atomic E-state index is 0.267. The zero-order valence-corrected chi connectivity index (χ0v) is 11.6. The van der Waals surface area contributed by atoms with Crippen molar-refractivity contribution >= 4 is 17.2 Å². The predicted octanol–water partition coefficient (Wildman–Crippen LogP) is 3.46. The molecule has 1 heterocycles. The lowest BCUT2D eigenvalue weighted by atomic mass is 10.1. The van der Waals surface area contributed by atoms with Gasteiger partial charge in [0.2, 0.25) is 5.88 Å². The third-order valence-electron chi connectivity index (χ3n) is 2.66. The van der Waals surface area contributed by atoms with Gasteiger partial charge >= 0.3 is 0 Å². The number of pyridine rings is 1. The maximum atomic E-state index is 5.68. The predicted molar refractivity (Wildman–Crippen MR) is 80.6 cm³/mol. The van der Waals surface area contributed by atoms with Gasteiger partial charge in [0.05, 0.1) is 0 Å². The van der Waals surface area contributed by atoms with Gasteiger partial charge in [0.15, 0.2) is 0 Å². The molecule has 0 atom stereocenters. The van der Waals surface area contributed by atoms with Crippen molar-refractivity contribution in [3.05, 3.63) is 53.7 Å². The van der Waals surface area contributed by atoms with Gasteiger partial charge in [-0.2, -0.15) is 0 Å². The number of hydrogen-bond acceptors (Lipinski definition) is 3. The van der Waals surface area contributed by atoms with Gasteiger partial charge in [-0.15, -0.1) is 0 Å². The summed E-state index contributed by atoms with van der Waals surface area (Å²) in [4.78, 5) is 4.51. The molecule has 2 aromatic rings. The van der Waals surface area contributed by atoms with Crippen LogP contribution in [0, 0.1) is 0 Å². The molecule has 1 aromatic heterocycles. The Bertz CT molecular complexity index is 567. The van der Waals surface area contributed by atoms with Gasteiger partial charge < -0.3 is 10.5 Å². The van der Waals surface area contributed by atoms with Crippen molar-refractivity contribution in [3.63, 3.8) is 0 Å². The molecule has 0 saturated heterocycles. The van der Waals surface area contributed by atoms with E-state index < -0.39 is 0 Å². The number of ether oxygens (including phenoxy) is 1. The molecule has 2 rings (SSSR count). The summed E-state index contributed by atoms with van der Waals surface area (Å²) in [6, 6.07) is 13.4. The summed E-state index contributed by atoms with van der Waals surface area (Å²) < 4.78 is 5.68. The number of benzene rings is 1. The monoisotopic (exact) mass is 272 g/mol. The van der Waals surface area contributed by atoms with Gasteiger partial charge in [0, 0.05) is 6.07 Å². The van der Waals surface area contributed by atoms with Crippen molar-refractivity contribution in [2.24, 2.45) is 5.73 Å². The average Bonchev–Trinajstić information content (AvgIpc) is 2.42. The summed E-state index contributed by atoms with van der Waals surface area (Å²) in [5, 5.41) is 0. The van der Waals surface area contributed by atoms with E-state index in [9.17, 15) is 0 Å². The number of aryl methyl sites for hydroxylation is 1. The molecule has 0 spiro atoms. The van der Waals surface area contributed by atoms with Crippen molar-refractivity contribution in [3.8, 4) is 11.6 Å². The van der Waals surface area contributed by atoms with Gasteiger partial charge in [-0.25, -0.2) is 4.98 Å². The van der Waals surface area contributed by atoms with Crippen molar-refractivity contribution in [2.45, 2.75) is 19.8 Å². The van der Waals surface area contributed by atoms with E-state index >= 15 is 0 Å². The molecule has 0 amide bonds. The van der Waals surface area contributed by atoms with Crippen molar-refractivity contribution < 1.29 is 4.74 Å². The lowest BCUT2D eigenvalue weighted by Crippen LogP contribution is -2.11. The summed E-state index contributed by atoms with van der Waals surface area (Å²) >= 11 is 4.89. The number of hydrogen-bond donors (Lipinski definition) is 1. The first-order chi connectivity index (χ1) is 9.19. The van der Waals surface area contributed by atoms with Crippen molar-refractivity contribution in [2.75, 3.05) is 0 Å². The topological polar surface area (TPSA) is 48.1 Å². The van der Waals surface area contributed by atoms with Crippen LogP contribution in [0.2, 0.25) is 0 Å². The Morgan fingerprint density at radius 1 is 1.21 bits per heavy atom. The van der Waals surface area contributed by atoms with Crippen LogP contribution in [0.1, 0.15) is 24.6 Å². The van der Waals surface area contributed by atoms with Gasteiger partial charge in [-0.1, -0.05) is 43.8 Å². The largest absolute Gasteiger partial charge is 0.439 e. The third-order valence-corrected chi connectivity index (χ3v) is 2.87. The fraction of sp³-hybridized carbons (Fsp3) is 0.200. The fourth-order valence-corrected chi connectivity index (χ4v) is 1.86. The quantitative estimate of drug-likeness (QED) is 0.847. The molecule has 98 valence electrons. The molecule has 19 heavy (non-hydrogen) atoms. The maximum absolute atomic E-state index is 5.68. The molecule has 0 saturated carbocycles. The molecular weight excluding hydrogens is 256 g/mol. The second-order valence-electron chi connectivity index (χ2n) is 4.22. The Morgan fingerprint density at radius 2 is 1.95 bits per heavy atom. The van der Waals surface area contributed by atoms with Crippen LogP contribution in [0.25, 0.3) is 0 Å². The van der Waals surface area contributed by atoms with E-state index in [4.69, 9.17) is 22.7 Å². The molecule has 1 aromatic carbocycles. The number of thiocarbonyl (C=S) groups is 1. The Morgan fingerprint density at radius 3 is 2.58 bits per heavy atom. The Kier molecular flexibility index (Phi) is 4.47. The first-order valence-corrected chi connectivity index (χ1v) is 6.63. The first kappa shape index (κ1) is 13.5. The summed E-state index contributed by atoms with van der Waals surface area (Å²) in [7, 11) is 0. The molecule has 0 aliphatic rings. The lowest BCUT2D eigenvalue weighted by Gasteiger charge is -2.07. The second-order valence-corrected chi connectivity index (χ2v) is 4.66. The summed E-state index contributed by atoms with van der Waals surface area (Å²) in [5.74, 6) is 1.25. The summed E-state index contributed by atoms with van der Waals surface area (Å²) in [5.41, 5.74) is 7.41. The highest BCUT2D eigenvalue weighted by atomic mass is 32.1. The average molecular weight is 272 g/mol. The van der Waals surface area contributed by atoms with Crippen LogP contribution >= 0.6 is 12.2 Å². The first-order valence-electron chi connectivity index (χ1n) is 6.22. The third kappa shape index (κ3) is 3.76. The van der Waals surface area contributed by atoms with E-state index in [1.165, 1.54) is 5.56 Å². The minimum absolute atomic E-state index is 0.267. The standard InChI is InChI=1S/C15H16N2OS/c1-2-4-11-7-9-12(10-8-11)18-14-6-3-5-13(17-14)15(16)19/h3,5-10H,2,4H2,1H3,(H2,16,19). The highest BCUT2D eigenvalue weighted by Gasteiger charge is 2.02. The van der Waals surface area contributed by atoms with E-state index in [0.29, 0.717) is 11.6 Å². The number of nitrogens with zero attached hydrogens (tertiary/aromatic N) is 1. The smallest absolute Gasteiger partial charge is 0.219 e. The lowest BCUT2D eigenvalue weighted by molar-refractivity contribution is 0.462. The maximum Gasteiger partial charge on any atom is 0.219 e. The van der Waals surface area contributed by atoms with Gasteiger partial charge in [-0.05, 0) is 30.2 Å². The summed E-state index contributed by atoms with van der Waals surface area (Å²) in [6.45, 7) is 2.16. The van der Waals surface area contributed by atoms with Gasteiger partial charge in [0.25, 0.3) is 0 Å². The van der Waals surface area contributed by atoms with Crippen LogP contribution in [-0.4, -0.2) is 9.97 Å². The SMILES string of the molecule is CCCc1ccc(Oc2cccc(C(N)=S)n2)cc1. The van der Waals surface area contributed by atoms with Crippen LogP contribution in [0.15, 0.2) is 42.5 Å². The minimum Gasteiger partial charge on any atom is -0.439 e. The Labute approximate surface area is 118 Å². The van der Waals surface area contributed by atoms with Crippen molar-refractivity contribution in [1.29, 1.82) is 0 Å². The van der Waals surface area contributed by atoms with Crippen LogP contribution < -0.4 is 10.5 Å². The number of nitrogens with two attached hydrogens (primary N) is 1. The molecular formula is C15H16N2OS. The molecule has 3 nitrogen and oxygen atoms in total. The molecule has 0 unspecified atom stereocenters. The van der Waals surface area contributed by atoms with Gasteiger partial charge in [0.1, 0.15) is 16.4 Å². The molecule has 0 radical (unpaired) electrons. The zero-order chi connectivity index (χ0) is 13.7. The highest BCUT2D eigenvalue weighted by Crippen LogP contribution is 2.20. The molecule has 0 aliphatic heterocycles. The zero-order valence-electron chi connectivity index (χ0n) is 10.8. The van der Waals surface area contributed by atoms with E-state index in [1.807, 2.05) is 18.2 Å². The van der Waals surface area contributed by atoms with E-state index in [0.717, 1.165) is 18.6 Å². The Hall–Kier alpha value is -1.94. The molecule has 0 fully saturated rings. The molecule has 0 bridgehead atoms.